The van der Waals surface area contributed by atoms with Crippen molar-refractivity contribution in [3.63, 3.8) is 0 Å². The maximum Gasteiger partial charge on any atom is 0.222 e. The van der Waals surface area contributed by atoms with Gasteiger partial charge in [-0.05, 0) is 38.3 Å². The molecule has 0 aromatic heterocycles. The molecule has 2 saturated heterocycles. The molecule has 2 aliphatic rings. The molecule has 2 rings (SSSR count). The van der Waals surface area contributed by atoms with Crippen LogP contribution in [0.4, 0.5) is 0 Å². The predicted molar refractivity (Wildman–Crippen MR) is 60.6 cm³/mol. The van der Waals surface area contributed by atoms with E-state index in [0.717, 1.165) is 25.3 Å². The summed E-state index contributed by atoms with van der Waals surface area (Å²) in [7, 11) is 1.95. The van der Waals surface area contributed by atoms with Gasteiger partial charge in [0.1, 0.15) is 0 Å². The number of hydrogen-bond acceptors (Lipinski definition) is 2. The number of likely N-dealkylation sites (N-methyl/N-ethyl adjacent to an activating group) is 1. The van der Waals surface area contributed by atoms with Gasteiger partial charge in [0.15, 0.2) is 0 Å². The minimum atomic E-state index is 0.324. The fourth-order valence-corrected chi connectivity index (χ4v) is 2.62. The highest BCUT2D eigenvalue weighted by atomic mass is 16.2. The quantitative estimate of drug-likeness (QED) is 0.686. The zero-order valence-corrected chi connectivity index (χ0v) is 9.91. The lowest BCUT2D eigenvalue weighted by Crippen LogP contribution is -2.43. The van der Waals surface area contributed by atoms with Crippen LogP contribution in [0.2, 0.25) is 0 Å². The summed E-state index contributed by atoms with van der Waals surface area (Å²) in [5.41, 5.74) is 0. The molecule has 2 heterocycles. The van der Waals surface area contributed by atoms with Crippen LogP contribution in [0.15, 0.2) is 0 Å². The van der Waals surface area contributed by atoms with E-state index in [2.05, 4.69) is 11.8 Å². The first-order chi connectivity index (χ1) is 7.16. The summed E-state index contributed by atoms with van der Waals surface area (Å²) in [4.78, 5) is 15.9. The molecule has 0 aliphatic carbocycles. The van der Waals surface area contributed by atoms with Crippen LogP contribution in [0.3, 0.4) is 0 Å². The van der Waals surface area contributed by atoms with Crippen LogP contribution in [-0.4, -0.2) is 48.4 Å². The van der Waals surface area contributed by atoms with Gasteiger partial charge in [-0.15, -0.1) is 0 Å². The maximum atomic E-state index is 11.4. The molecular weight excluding hydrogens is 188 g/mol. The Balaban J connectivity index is 1.80. The number of rotatable bonds is 2. The van der Waals surface area contributed by atoms with Crippen molar-refractivity contribution in [3.05, 3.63) is 0 Å². The van der Waals surface area contributed by atoms with E-state index in [4.69, 9.17) is 0 Å². The minimum absolute atomic E-state index is 0.324. The van der Waals surface area contributed by atoms with Crippen LogP contribution >= 0.6 is 0 Å². The Morgan fingerprint density at radius 1 is 1.27 bits per heavy atom. The Hall–Kier alpha value is -0.570. The molecule has 0 spiro atoms. The monoisotopic (exact) mass is 210 g/mol. The molecule has 2 aliphatic heterocycles. The van der Waals surface area contributed by atoms with Crippen molar-refractivity contribution in [3.8, 4) is 0 Å². The van der Waals surface area contributed by atoms with Crippen LogP contribution in [0, 0.1) is 5.92 Å². The third kappa shape index (κ3) is 2.51. The van der Waals surface area contributed by atoms with Gasteiger partial charge >= 0.3 is 0 Å². The van der Waals surface area contributed by atoms with E-state index in [0.29, 0.717) is 11.9 Å². The highest BCUT2D eigenvalue weighted by molar-refractivity contribution is 5.78. The van der Waals surface area contributed by atoms with E-state index in [9.17, 15) is 4.79 Å². The first kappa shape index (κ1) is 10.9. The summed E-state index contributed by atoms with van der Waals surface area (Å²) in [6.07, 6.45) is 4.46. The van der Waals surface area contributed by atoms with Gasteiger partial charge in [-0.3, -0.25) is 4.79 Å². The van der Waals surface area contributed by atoms with Crippen molar-refractivity contribution in [1.29, 1.82) is 0 Å². The Bertz CT molecular complexity index is 234. The first-order valence-corrected chi connectivity index (χ1v) is 6.15. The Morgan fingerprint density at radius 3 is 2.47 bits per heavy atom. The van der Waals surface area contributed by atoms with Crippen molar-refractivity contribution in [2.24, 2.45) is 5.92 Å². The molecule has 1 atom stereocenters. The van der Waals surface area contributed by atoms with E-state index in [1.54, 1.807) is 0 Å². The number of piperidine rings is 1. The van der Waals surface area contributed by atoms with Crippen molar-refractivity contribution in [2.45, 2.75) is 38.6 Å². The van der Waals surface area contributed by atoms with Gasteiger partial charge in [0.2, 0.25) is 5.91 Å². The van der Waals surface area contributed by atoms with Crippen molar-refractivity contribution in [2.75, 3.05) is 26.7 Å². The van der Waals surface area contributed by atoms with Gasteiger partial charge in [0.05, 0.1) is 0 Å². The van der Waals surface area contributed by atoms with E-state index in [1.807, 2.05) is 11.9 Å². The molecule has 0 aromatic rings. The van der Waals surface area contributed by atoms with Gasteiger partial charge in [0.25, 0.3) is 0 Å². The second-order valence-corrected chi connectivity index (χ2v) is 5.18. The van der Waals surface area contributed by atoms with Crippen LogP contribution in [0.5, 0.6) is 0 Å². The average molecular weight is 210 g/mol. The third-order valence-electron chi connectivity index (χ3n) is 3.98. The lowest BCUT2D eigenvalue weighted by molar-refractivity contribution is -0.127. The molecule has 0 aromatic carbocycles. The van der Waals surface area contributed by atoms with Gasteiger partial charge in [0, 0.05) is 26.1 Å². The van der Waals surface area contributed by atoms with E-state index in [1.165, 1.54) is 25.9 Å². The van der Waals surface area contributed by atoms with Gasteiger partial charge in [-0.25, -0.2) is 0 Å². The predicted octanol–water partition coefficient (Wildman–Crippen LogP) is 1.34. The normalized spacial score (nSPS) is 30.1. The van der Waals surface area contributed by atoms with Crippen molar-refractivity contribution < 1.29 is 4.79 Å². The summed E-state index contributed by atoms with van der Waals surface area (Å²) in [5, 5.41) is 0. The molecule has 3 nitrogen and oxygen atoms in total. The zero-order chi connectivity index (χ0) is 10.8. The van der Waals surface area contributed by atoms with Crippen LogP contribution in [0.25, 0.3) is 0 Å². The molecule has 0 radical (unpaired) electrons. The number of nitrogens with zero attached hydrogens (tertiary/aromatic N) is 2. The Kier molecular flexibility index (Phi) is 3.29. The van der Waals surface area contributed by atoms with Crippen molar-refractivity contribution in [1.82, 2.24) is 9.80 Å². The Labute approximate surface area is 92.4 Å². The Morgan fingerprint density at radius 2 is 1.93 bits per heavy atom. The lowest BCUT2D eigenvalue weighted by Gasteiger charge is -2.33. The molecule has 0 bridgehead atoms. The minimum Gasteiger partial charge on any atom is -0.341 e. The number of likely N-dealkylation sites (tertiary alicyclic amines) is 2. The zero-order valence-electron chi connectivity index (χ0n) is 9.91. The molecule has 1 amide bonds. The summed E-state index contributed by atoms with van der Waals surface area (Å²) in [6, 6.07) is 0.478. The van der Waals surface area contributed by atoms with Crippen LogP contribution in [-0.2, 0) is 4.79 Å². The van der Waals surface area contributed by atoms with Gasteiger partial charge < -0.3 is 9.80 Å². The van der Waals surface area contributed by atoms with Crippen LogP contribution in [0.1, 0.15) is 32.6 Å². The smallest absolute Gasteiger partial charge is 0.222 e. The number of amides is 1. The van der Waals surface area contributed by atoms with E-state index >= 15 is 0 Å². The second kappa shape index (κ2) is 4.52. The standard InChI is InChI=1S/C12H22N2O/c1-10-5-7-14(8-6-10)9-11-3-4-12(15)13(11)2/h10-11H,3-9H2,1-2H3/t11-/m1/s1. The van der Waals surface area contributed by atoms with E-state index < -0.39 is 0 Å². The molecule has 3 heteroatoms. The highest BCUT2D eigenvalue weighted by Gasteiger charge is 2.29. The average Bonchev–Trinajstić information content (AvgIpc) is 2.53. The lowest BCUT2D eigenvalue weighted by atomic mass is 9.99. The third-order valence-corrected chi connectivity index (χ3v) is 3.98. The SMILES string of the molecule is CC1CCN(C[C@H]2CCC(=O)N2C)CC1. The summed E-state index contributed by atoms with van der Waals surface area (Å²) >= 11 is 0. The van der Waals surface area contributed by atoms with Gasteiger partial charge in [-0.1, -0.05) is 6.92 Å². The largest absolute Gasteiger partial charge is 0.341 e. The van der Waals surface area contributed by atoms with Crippen molar-refractivity contribution >= 4 is 5.91 Å². The van der Waals surface area contributed by atoms with Crippen LogP contribution < -0.4 is 0 Å². The maximum absolute atomic E-state index is 11.4. The highest BCUT2D eigenvalue weighted by Crippen LogP contribution is 2.21. The number of hydrogen-bond donors (Lipinski definition) is 0. The molecule has 0 unspecified atom stereocenters. The van der Waals surface area contributed by atoms with E-state index in [-0.39, 0.29) is 0 Å². The topological polar surface area (TPSA) is 23.6 Å². The summed E-state index contributed by atoms with van der Waals surface area (Å²) < 4.78 is 0. The molecule has 2 fully saturated rings. The molecule has 86 valence electrons. The fraction of sp³-hybridized carbons (Fsp3) is 0.917. The molecule has 15 heavy (non-hydrogen) atoms. The fourth-order valence-electron chi connectivity index (χ4n) is 2.62. The summed E-state index contributed by atoms with van der Waals surface area (Å²) in [6.45, 7) is 5.87. The molecule has 0 N–H and O–H groups in total. The second-order valence-electron chi connectivity index (χ2n) is 5.18. The number of carbonyl (C=O) groups excluding carboxylic acids is 1. The molecule has 0 saturated carbocycles. The first-order valence-electron chi connectivity index (χ1n) is 6.15. The summed E-state index contributed by atoms with van der Waals surface area (Å²) in [5.74, 6) is 1.22. The van der Waals surface area contributed by atoms with Gasteiger partial charge in [-0.2, -0.15) is 0 Å². The molecular formula is C12H22N2O. The number of carbonyl (C=O) groups is 1.